The summed E-state index contributed by atoms with van der Waals surface area (Å²) in [5, 5.41) is 9.79. The maximum atomic E-state index is 9.79. The molecule has 0 spiro atoms. The summed E-state index contributed by atoms with van der Waals surface area (Å²) in [6, 6.07) is 14.7. The summed E-state index contributed by atoms with van der Waals surface area (Å²) in [6.45, 7) is 7.45. The summed E-state index contributed by atoms with van der Waals surface area (Å²) in [4.78, 5) is 12.3. The molecule has 3 fully saturated rings. The maximum absolute atomic E-state index is 9.79. The number of nitriles is 1. The number of hydrogen-bond acceptors (Lipinski definition) is 6. The Balaban J connectivity index is 1.46. The zero-order valence-corrected chi connectivity index (χ0v) is 22.7. The van der Waals surface area contributed by atoms with Crippen LogP contribution in [0.2, 0.25) is 0 Å². The lowest BCUT2D eigenvalue weighted by molar-refractivity contribution is 0.0925. The van der Waals surface area contributed by atoms with E-state index in [0.717, 1.165) is 36.0 Å². The van der Waals surface area contributed by atoms with Crippen molar-refractivity contribution in [3.05, 3.63) is 47.7 Å². The van der Waals surface area contributed by atoms with Gasteiger partial charge in [0.15, 0.2) is 0 Å². The highest BCUT2D eigenvalue weighted by molar-refractivity contribution is 5.84. The molecule has 2 aromatic heterocycles. The SMILES string of the molecule is CC1CCC(Cn2c(N3CCOC[C@H]3c3ccccc3)nc3cc(C#N)nc(OC(C)C4CCC4)c32)CC1. The van der Waals surface area contributed by atoms with Crippen LogP contribution in [-0.4, -0.2) is 40.4 Å². The quantitative estimate of drug-likeness (QED) is 0.370. The summed E-state index contributed by atoms with van der Waals surface area (Å²) >= 11 is 0. The zero-order valence-electron chi connectivity index (χ0n) is 22.7. The van der Waals surface area contributed by atoms with Gasteiger partial charge in [-0.3, -0.25) is 0 Å². The molecule has 0 amide bonds. The molecule has 3 aromatic rings. The van der Waals surface area contributed by atoms with Crippen molar-refractivity contribution in [2.45, 2.75) is 77.5 Å². The van der Waals surface area contributed by atoms with Crippen LogP contribution in [0.15, 0.2) is 36.4 Å². The number of rotatable bonds is 7. The maximum Gasteiger partial charge on any atom is 0.241 e. The van der Waals surface area contributed by atoms with E-state index in [-0.39, 0.29) is 12.1 Å². The van der Waals surface area contributed by atoms with Crippen LogP contribution in [0, 0.1) is 29.1 Å². The standard InChI is InChI=1S/C31H39N5O2/c1-21-11-13-23(14-12-21)19-36-29-27(17-26(18-32)33-30(29)38-22(2)24-9-6-10-24)34-31(36)35-15-16-37-20-28(35)25-7-4-3-5-8-25/h3-5,7-8,17,21-24,28H,6,9-16,19-20H2,1-2H3/t21?,22?,23?,28-/m0/s1. The Kier molecular flexibility index (Phi) is 7.25. The highest BCUT2D eigenvalue weighted by Gasteiger charge is 2.33. The van der Waals surface area contributed by atoms with E-state index < -0.39 is 0 Å². The second kappa shape index (κ2) is 10.9. The molecule has 1 saturated heterocycles. The molecule has 200 valence electrons. The van der Waals surface area contributed by atoms with Crippen molar-refractivity contribution in [1.29, 1.82) is 5.26 Å². The van der Waals surface area contributed by atoms with Crippen LogP contribution < -0.4 is 9.64 Å². The normalized spacial score (nSPS) is 25.1. The number of ether oxygens (including phenoxy) is 2. The molecule has 2 saturated carbocycles. The van der Waals surface area contributed by atoms with Gasteiger partial charge < -0.3 is 18.9 Å². The molecule has 0 bridgehead atoms. The molecule has 0 radical (unpaired) electrons. The van der Waals surface area contributed by atoms with E-state index in [9.17, 15) is 5.26 Å². The van der Waals surface area contributed by atoms with E-state index in [1.165, 1.54) is 50.5 Å². The molecule has 7 heteroatoms. The third kappa shape index (κ3) is 4.99. The van der Waals surface area contributed by atoms with Gasteiger partial charge >= 0.3 is 0 Å². The van der Waals surface area contributed by atoms with E-state index >= 15 is 0 Å². The molecule has 38 heavy (non-hydrogen) atoms. The Morgan fingerprint density at radius 2 is 1.89 bits per heavy atom. The molecule has 0 N–H and O–H groups in total. The van der Waals surface area contributed by atoms with Gasteiger partial charge in [0.05, 0.1) is 24.8 Å². The summed E-state index contributed by atoms with van der Waals surface area (Å²) in [5.74, 6) is 3.44. The fourth-order valence-corrected chi connectivity index (χ4v) is 6.39. The third-order valence-corrected chi connectivity index (χ3v) is 9.04. The van der Waals surface area contributed by atoms with Gasteiger partial charge in [-0.2, -0.15) is 5.26 Å². The first-order valence-corrected chi connectivity index (χ1v) is 14.5. The van der Waals surface area contributed by atoms with Crippen LogP contribution in [-0.2, 0) is 11.3 Å². The van der Waals surface area contributed by atoms with Crippen molar-refractivity contribution in [3.63, 3.8) is 0 Å². The predicted octanol–water partition coefficient (Wildman–Crippen LogP) is 6.27. The third-order valence-electron chi connectivity index (χ3n) is 9.04. The largest absolute Gasteiger partial charge is 0.473 e. The molecule has 2 aliphatic carbocycles. The Labute approximate surface area is 225 Å². The number of imidazole rings is 1. The van der Waals surface area contributed by atoms with Crippen LogP contribution in [0.5, 0.6) is 5.88 Å². The van der Waals surface area contributed by atoms with Gasteiger partial charge in [-0.1, -0.05) is 56.5 Å². The molecule has 3 heterocycles. The summed E-state index contributed by atoms with van der Waals surface area (Å²) in [6.07, 6.45) is 8.72. The molecule has 7 nitrogen and oxygen atoms in total. The Bertz CT molecular complexity index is 1290. The number of anilines is 1. The van der Waals surface area contributed by atoms with Crippen molar-refractivity contribution in [2.24, 2.45) is 17.8 Å². The highest BCUT2D eigenvalue weighted by Crippen LogP contribution is 2.39. The van der Waals surface area contributed by atoms with E-state index in [2.05, 4.69) is 59.7 Å². The van der Waals surface area contributed by atoms with Gasteiger partial charge in [0.25, 0.3) is 0 Å². The topological polar surface area (TPSA) is 76.2 Å². The molecule has 1 aromatic carbocycles. The Hall–Kier alpha value is -3.11. The van der Waals surface area contributed by atoms with Crippen molar-refractivity contribution in [1.82, 2.24) is 14.5 Å². The summed E-state index contributed by atoms with van der Waals surface area (Å²) in [5.41, 5.74) is 3.31. The number of morpholine rings is 1. The molecule has 6 rings (SSSR count). The minimum Gasteiger partial charge on any atom is -0.473 e. The average molecular weight is 514 g/mol. The van der Waals surface area contributed by atoms with Gasteiger partial charge in [0.1, 0.15) is 23.4 Å². The monoisotopic (exact) mass is 513 g/mol. The number of fused-ring (bicyclic) bond motifs is 1. The van der Waals surface area contributed by atoms with E-state index in [0.29, 0.717) is 36.6 Å². The van der Waals surface area contributed by atoms with Gasteiger partial charge in [-0.15, -0.1) is 0 Å². The predicted molar refractivity (Wildman–Crippen MR) is 148 cm³/mol. The van der Waals surface area contributed by atoms with Crippen LogP contribution in [0.4, 0.5) is 5.95 Å². The summed E-state index contributed by atoms with van der Waals surface area (Å²) < 4.78 is 14.9. The number of pyridine rings is 1. The second-order valence-corrected chi connectivity index (χ2v) is 11.6. The first-order valence-electron chi connectivity index (χ1n) is 14.5. The molecular weight excluding hydrogens is 474 g/mol. The highest BCUT2D eigenvalue weighted by atomic mass is 16.5. The molecule has 2 atom stereocenters. The molecular formula is C31H39N5O2. The lowest BCUT2D eigenvalue weighted by Crippen LogP contribution is -2.41. The van der Waals surface area contributed by atoms with Crippen LogP contribution in [0.25, 0.3) is 11.0 Å². The number of nitrogens with zero attached hydrogens (tertiary/aromatic N) is 5. The molecule has 1 aliphatic heterocycles. The summed E-state index contributed by atoms with van der Waals surface area (Å²) in [7, 11) is 0. The van der Waals surface area contributed by atoms with Crippen molar-refractivity contribution < 1.29 is 9.47 Å². The van der Waals surface area contributed by atoms with E-state index in [1.54, 1.807) is 0 Å². The Morgan fingerprint density at radius 1 is 1.11 bits per heavy atom. The van der Waals surface area contributed by atoms with Crippen LogP contribution in [0.3, 0.4) is 0 Å². The minimum absolute atomic E-state index is 0.0659. The smallest absolute Gasteiger partial charge is 0.241 e. The number of aromatic nitrogens is 3. The van der Waals surface area contributed by atoms with Gasteiger partial charge in [0, 0.05) is 19.2 Å². The average Bonchev–Trinajstić information content (AvgIpc) is 3.27. The fraction of sp³-hybridized carbons (Fsp3) is 0.581. The van der Waals surface area contributed by atoms with Gasteiger partial charge in [-0.25, -0.2) is 9.97 Å². The fourth-order valence-electron chi connectivity index (χ4n) is 6.39. The molecule has 1 unspecified atom stereocenters. The second-order valence-electron chi connectivity index (χ2n) is 11.6. The number of benzene rings is 1. The van der Waals surface area contributed by atoms with Crippen LogP contribution in [0.1, 0.15) is 76.1 Å². The van der Waals surface area contributed by atoms with Crippen molar-refractivity contribution in [2.75, 3.05) is 24.7 Å². The van der Waals surface area contributed by atoms with Gasteiger partial charge in [0.2, 0.25) is 11.8 Å². The Morgan fingerprint density at radius 3 is 2.61 bits per heavy atom. The lowest BCUT2D eigenvalue weighted by Gasteiger charge is -2.37. The van der Waals surface area contributed by atoms with E-state index in [4.69, 9.17) is 19.4 Å². The van der Waals surface area contributed by atoms with Crippen LogP contribution >= 0.6 is 0 Å². The van der Waals surface area contributed by atoms with E-state index in [1.807, 2.05) is 6.07 Å². The molecule has 3 aliphatic rings. The van der Waals surface area contributed by atoms with Gasteiger partial charge in [-0.05, 0) is 55.9 Å². The first kappa shape index (κ1) is 25.2. The first-order chi connectivity index (χ1) is 18.6. The van der Waals surface area contributed by atoms with Crippen molar-refractivity contribution >= 4 is 17.0 Å². The zero-order chi connectivity index (χ0) is 26.1. The van der Waals surface area contributed by atoms with Crippen molar-refractivity contribution in [3.8, 4) is 11.9 Å². The lowest BCUT2D eigenvalue weighted by atomic mass is 9.82. The number of hydrogen-bond donors (Lipinski definition) is 0. The minimum atomic E-state index is 0.0659.